The summed E-state index contributed by atoms with van der Waals surface area (Å²) in [6.07, 6.45) is 0. The van der Waals surface area contributed by atoms with Crippen molar-refractivity contribution in [3.63, 3.8) is 0 Å². The Labute approximate surface area is 827 Å². The fourth-order valence-corrected chi connectivity index (χ4v) is 23.8. The van der Waals surface area contributed by atoms with Gasteiger partial charge >= 0.3 is 0 Å². The van der Waals surface area contributed by atoms with Crippen molar-refractivity contribution >= 4 is 218 Å². The predicted octanol–water partition coefficient (Wildman–Crippen LogP) is 36.1. The Balaban J connectivity index is 0.0000000913. The maximum atomic E-state index is 2.42. The van der Waals surface area contributed by atoms with E-state index in [1.807, 2.05) is 0 Å². The second-order valence-corrected chi connectivity index (χ2v) is 37.7. The van der Waals surface area contributed by atoms with Crippen LogP contribution in [-0.2, 0) is 0 Å². The van der Waals surface area contributed by atoms with E-state index >= 15 is 0 Å². The van der Waals surface area contributed by atoms with E-state index in [0.717, 1.165) is 0 Å². The molecule has 32 rings (SSSR count). The molecule has 0 aliphatic heterocycles. The van der Waals surface area contributed by atoms with Crippen LogP contribution >= 0.6 is 0 Å². The standard InChI is InChI=1S/4C34H22N2/c1-3-11-25(12-4-1)35-31-17-9-7-15-27(31)29-19-24-22-34-30(20-23(24)21-33(29)35)28-16-8-10-18-32(28)36(34)26-13-5-2-6-14-26;1-3-11-25(12-4-1)35-31-17-9-7-15-27(31)29-19-23-20-30-28-16-8-10-18-32(28)36(26-13-5-2-6-14-26)34(30)22-24(23)21-33(29)35;1-3-11-23(12-4-1)35-31-17-9-7-15-25(31)27-19-22-30-29(33(27)35)21-20-28-26-16-8-10-18-32(26)36(34(28)30)24-13-5-2-6-14-24;1-3-11-23(12-4-1)35-29-17-9-7-15-27(29)33-25-20-22-32-34(26(25)19-21-31(33)35)28-16-8-10-18-30(28)36(32)24-13-5-2-6-14-24/h4*1-22H. The molecule has 0 amide bonds. The molecule has 0 fully saturated rings. The number of aromatic nitrogens is 8. The molecule has 0 unspecified atom stereocenters. The molecule has 32 aromatic rings. The molecule has 24 aromatic carbocycles. The number of hydrogen-bond acceptors (Lipinski definition) is 0. The summed E-state index contributed by atoms with van der Waals surface area (Å²) < 4.78 is 19.2. The van der Waals surface area contributed by atoms with Crippen LogP contribution in [0.2, 0.25) is 0 Å². The van der Waals surface area contributed by atoms with E-state index in [4.69, 9.17) is 0 Å². The number of hydrogen-bond donors (Lipinski definition) is 0. The Morgan fingerprint density at radius 3 is 0.493 bits per heavy atom. The van der Waals surface area contributed by atoms with Crippen molar-refractivity contribution < 1.29 is 0 Å². The Kier molecular flexibility index (Phi) is 18.9. The molecule has 0 bridgehead atoms. The highest BCUT2D eigenvalue weighted by Gasteiger charge is 2.26. The largest absolute Gasteiger partial charge is 0.309 e. The Morgan fingerprint density at radius 1 is 0.0903 bits per heavy atom. The van der Waals surface area contributed by atoms with Gasteiger partial charge in [-0.15, -0.1) is 0 Å². The fraction of sp³-hybridized carbons (Fsp3) is 0. The molecule has 0 saturated heterocycles. The molecule has 0 aliphatic carbocycles. The van der Waals surface area contributed by atoms with Gasteiger partial charge in [0.25, 0.3) is 0 Å². The van der Waals surface area contributed by atoms with Gasteiger partial charge in [-0.2, -0.15) is 0 Å². The zero-order valence-electron chi connectivity index (χ0n) is 78.4. The van der Waals surface area contributed by atoms with E-state index in [0.29, 0.717) is 0 Å². The molecule has 0 radical (unpaired) electrons. The van der Waals surface area contributed by atoms with Gasteiger partial charge in [-0.1, -0.05) is 328 Å². The first-order valence-electron chi connectivity index (χ1n) is 49.5. The van der Waals surface area contributed by atoms with Crippen LogP contribution in [-0.4, -0.2) is 36.5 Å². The van der Waals surface area contributed by atoms with Crippen LogP contribution in [0.5, 0.6) is 0 Å². The van der Waals surface area contributed by atoms with Crippen molar-refractivity contribution in [2.75, 3.05) is 0 Å². The topological polar surface area (TPSA) is 39.4 Å². The van der Waals surface area contributed by atoms with E-state index in [1.54, 1.807) is 0 Å². The SMILES string of the molecule is c1ccc(-n2c3ccccc3c3c4ccc5c(c4ccc32)c2ccccc2n5-c2ccccc2)cc1.c1ccc(-n2c3ccccc3c3cc4cc5c(cc4cc32)c2ccccc2n5-c2ccccc2)cc1.c1ccc(-n2c3ccccc3c3cc4cc5c6ccccc6n(-c6ccccc6)c5cc4cc32)cc1.c1ccc(-n2c3ccccc3c3ccc4c(ccc5c6ccccc6n(-c6ccccc6)c54)c32)cc1. The van der Waals surface area contributed by atoms with Crippen molar-refractivity contribution in [1.82, 2.24) is 36.5 Å². The van der Waals surface area contributed by atoms with Gasteiger partial charge in [-0.25, -0.2) is 0 Å². The summed E-state index contributed by atoms with van der Waals surface area (Å²) in [5.74, 6) is 0. The minimum absolute atomic E-state index is 1.18. The summed E-state index contributed by atoms with van der Waals surface area (Å²) in [5, 5.41) is 30.7. The van der Waals surface area contributed by atoms with Crippen LogP contribution in [0.1, 0.15) is 0 Å². The Hall–Kier alpha value is -19.3. The summed E-state index contributed by atoms with van der Waals surface area (Å²) in [6, 6.07) is 193. The van der Waals surface area contributed by atoms with Gasteiger partial charge in [0.2, 0.25) is 0 Å². The lowest BCUT2D eigenvalue weighted by Crippen LogP contribution is -1.96. The average Bonchev–Trinajstić information content (AvgIpc) is 1.58. The molecule has 8 heteroatoms. The molecule has 144 heavy (non-hydrogen) atoms. The van der Waals surface area contributed by atoms with Crippen molar-refractivity contribution in [3.05, 3.63) is 534 Å². The third-order valence-electron chi connectivity index (χ3n) is 29.9. The van der Waals surface area contributed by atoms with Crippen molar-refractivity contribution in [2.24, 2.45) is 0 Å². The molecule has 0 N–H and O–H groups in total. The van der Waals surface area contributed by atoms with Gasteiger partial charge in [0, 0.05) is 142 Å². The second kappa shape index (κ2) is 33.3. The van der Waals surface area contributed by atoms with Gasteiger partial charge < -0.3 is 36.5 Å². The van der Waals surface area contributed by atoms with E-state index in [9.17, 15) is 0 Å². The normalized spacial score (nSPS) is 11.9. The number of fused-ring (bicyclic) bond motifs is 32. The van der Waals surface area contributed by atoms with Crippen LogP contribution in [0, 0.1) is 0 Å². The zero-order valence-corrected chi connectivity index (χ0v) is 78.4. The highest BCUT2D eigenvalue weighted by atomic mass is 15.0. The molecular formula is C136H88N8. The smallest absolute Gasteiger partial charge is 0.0620 e. The number of nitrogens with zero attached hydrogens (tertiary/aromatic N) is 8. The quantitative estimate of drug-likeness (QED) is 0.145. The molecule has 0 saturated carbocycles. The molecule has 0 atom stereocenters. The van der Waals surface area contributed by atoms with E-state index < -0.39 is 0 Å². The van der Waals surface area contributed by atoms with Crippen molar-refractivity contribution in [1.29, 1.82) is 0 Å². The summed E-state index contributed by atoms with van der Waals surface area (Å²) in [7, 11) is 0. The highest BCUT2D eigenvalue weighted by Crippen LogP contribution is 2.48. The first-order chi connectivity index (χ1) is 71.5. The summed E-state index contributed by atoms with van der Waals surface area (Å²) >= 11 is 0. The summed E-state index contributed by atoms with van der Waals surface area (Å²) in [5.41, 5.74) is 29.3. The van der Waals surface area contributed by atoms with Gasteiger partial charge in [0.15, 0.2) is 0 Å². The molecule has 8 heterocycles. The third-order valence-corrected chi connectivity index (χ3v) is 29.9. The Morgan fingerprint density at radius 2 is 0.250 bits per heavy atom. The van der Waals surface area contributed by atoms with Crippen LogP contribution in [0.4, 0.5) is 0 Å². The number of benzene rings is 24. The molecule has 672 valence electrons. The first-order valence-corrected chi connectivity index (χ1v) is 49.5. The fourth-order valence-electron chi connectivity index (χ4n) is 23.8. The lowest BCUT2D eigenvalue weighted by Gasteiger charge is -2.12. The van der Waals surface area contributed by atoms with Gasteiger partial charge in [0.1, 0.15) is 0 Å². The molecular weight excluding hydrogens is 1750 g/mol. The minimum atomic E-state index is 1.18. The number of rotatable bonds is 8. The maximum absolute atomic E-state index is 2.42. The van der Waals surface area contributed by atoms with Crippen LogP contribution in [0.3, 0.4) is 0 Å². The van der Waals surface area contributed by atoms with E-state index in [2.05, 4.69) is 570 Å². The van der Waals surface area contributed by atoms with E-state index in [1.165, 1.54) is 263 Å². The van der Waals surface area contributed by atoms with Crippen LogP contribution in [0.25, 0.3) is 263 Å². The highest BCUT2D eigenvalue weighted by molar-refractivity contribution is 6.31. The maximum Gasteiger partial charge on any atom is 0.0620 e. The lowest BCUT2D eigenvalue weighted by atomic mass is 9.99. The van der Waals surface area contributed by atoms with Crippen LogP contribution < -0.4 is 0 Å². The van der Waals surface area contributed by atoms with Crippen molar-refractivity contribution in [3.8, 4) is 45.5 Å². The molecule has 8 aromatic heterocycles. The summed E-state index contributed by atoms with van der Waals surface area (Å²) in [4.78, 5) is 0. The molecule has 0 aliphatic rings. The van der Waals surface area contributed by atoms with Crippen molar-refractivity contribution in [2.45, 2.75) is 0 Å². The summed E-state index contributed by atoms with van der Waals surface area (Å²) in [6.45, 7) is 0. The lowest BCUT2D eigenvalue weighted by molar-refractivity contribution is 1.18. The second-order valence-electron chi connectivity index (χ2n) is 37.7. The number of para-hydroxylation sites is 16. The third kappa shape index (κ3) is 12.8. The van der Waals surface area contributed by atoms with E-state index in [-0.39, 0.29) is 0 Å². The van der Waals surface area contributed by atoms with Gasteiger partial charge in [0.05, 0.1) is 88.3 Å². The Bertz CT molecular complexity index is 10000. The molecule has 0 spiro atoms. The van der Waals surface area contributed by atoms with Crippen LogP contribution in [0.15, 0.2) is 534 Å². The van der Waals surface area contributed by atoms with Gasteiger partial charge in [-0.05, 0) is 239 Å². The average molecular weight is 1830 g/mol. The predicted molar refractivity (Wildman–Crippen MR) is 611 cm³/mol. The molecule has 8 nitrogen and oxygen atoms in total. The van der Waals surface area contributed by atoms with Gasteiger partial charge in [-0.3, -0.25) is 0 Å². The zero-order chi connectivity index (χ0) is 94.6. The monoisotopic (exact) mass is 1830 g/mol. The first kappa shape index (κ1) is 81.9. The minimum Gasteiger partial charge on any atom is -0.309 e.